The van der Waals surface area contributed by atoms with Crippen molar-refractivity contribution in [3.63, 3.8) is 0 Å². The molecule has 0 saturated heterocycles. The lowest BCUT2D eigenvalue weighted by atomic mass is 9.65. The highest BCUT2D eigenvalue weighted by atomic mass is 35.5. The van der Waals surface area contributed by atoms with Crippen molar-refractivity contribution in [2.24, 2.45) is 4.99 Å². The molecule has 0 aliphatic heterocycles. The molecule has 2 rings (SSSR count). The monoisotopic (exact) mass is 207 g/mol. The lowest BCUT2D eigenvalue weighted by Gasteiger charge is -2.39. The highest BCUT2D eigenvalue weighted by Gasteiger charge is 2.36. The number of halogens is 1. The summed E-state index contributed by atoms with van der Waals surface area (Å²) in [6, 6.07) is 8.15. The van der Waals surface area contributed by atoms with Gasteiger partial charge in [0.15, 0.2) is 0 Å². The van der Waals surface area contributed by atoms with Crippen molar-refractivity contribution in [1.29, 1.82) is 0 Å². The lowest BCUT2D eigenvalue weighted by molar-refractivity contribution is 0.348. The van der Waals surface area contributed by atoms with Gasteiger partial charge in [-0.15, -0.1) is 0 Å². The van der Waals surface area contributed by atoms with E-state index in [1.165, 1.54) is 24.8 Å². The molecular weight excluding hydrogens is 194 g/mol. The molecule has 1 aliphatic carbocycles. The number of rotatable bonds is 2. The third-order valence-electron chi connectivity index (χ3n) is 3.04. The Morgan fingerprint density at radius 3 is 2.36 bits per heavy atom. The van der Waals surface area contributed by atoms with E-state index in [0.717, 1.165) is 5.02 Å². The van der Waals surface area contributed by atoms with Crippen LogP contribution in [0.2, 0.25) is 5.02 Å². The van der Waals surface area contributed by atoms with Crippen LogP contribution in [0.15, 0.2) is 29.3 Å². The minimum atomic E-state index is 0.208. The molecule has 0 aromatic heterocycles. The van der Waals surface area contributed by atoms with Gasteiger partial charge < -0.3 is 0 Å². The minimum absolute atomic E-state index is 0.208. The summed E-state index contributed by atoms with van der Waals surface area (Å²) >= 11 is 5.87. The third-order valence-corrected chi connectivity index (χ3v) is 3.29. The van der Waals surface area contributed by atoms with Gasteiger partial charge in [-0.2, -0.15) is 0 Å². The summed E-state index contributed by atoms with van der Waals surface area (Å²) in [5.41, 5.74) is 1.55. The predicted octanol–water partition coefficient (Wildman–Crippen LogP) is 3.46. The van der Waals surface area contributed by atoms with Crippen LogP contribution in [0.1, 0.15) is 24.8 Å². The molecule has 14 heavy (non-hydrogen) atoms. The molecule has 2 heteroatoms. The number of benzene rings is 1. The zero-order valence-corrected chi connectivity index (χ0v) is 9.09. The van der Waals surface area contributed by atoms with Gasteiger partial charge in [-0.3, -0.25) is 4.99 Å². The molecule has 1 fully saturated rings. The fourth-order valence-electron chi connectivity index (χ4n) is 2.08. The molecule has 0 heterocycles. The Labute approximate surface area is 89.8 Å². The van der Waals surface area contributed by atoms with Crippen LogP contribution in [0.5, 0.6) is 0 Å². The van der Waals surface area contributed by atoms with Gasteiger partial charge in [-0.25, -0.2) is 0 Å². The maximum atomic E-state index is 5.87. The van der Waals surface area contributed by atoms with E-state index in [1.807, 2.05) is 19.2 Å². The van der Waals surface area contributed by atoms with E-state index in [9.17, 15) is 0 Å². The van der Waals surface area contributed by atoms with Crippen molar-refractivity contribution in [2.75, 3.05) is 7.05 Å². The normalized spacial score (nSPS) is 19.6. The van der Waals surface area contributed by atoms with Crippen molar-refractivity contribution >= 4 is 17.8 Å². The molecule has 1 nitrogen and oxygen atoms in total. The topological polar surface area (TPSA) is 12.4 Å². The van der Waals surface area contributed by atoms with E-state index in [1.54, 1.807) is 0 Å². The Balaban J connectivity index is 2.32. The maximum Gasteiger partial charge on any atom is 0.0406 e. The van der Waals surface area contributed by atoms with E-state index < -0.39 is 0 Å². The van der Waals surface area contributed by atoms with Gasteiger partial charge in [-0.05, 0) is 30.5 Å². The Kier molecular flexibility index (Phi) is 2.60. The molecule has 0 spiro atoms. The first-order valence-electron chi connectivity index (χ1n) is 4.96. The average Bonchev–Trinajstić information content (AvgIpc) is 2.13. The van der Waals surface area contributed by atoms with Crippen LogP contribution >= 0.6 is 11.6 Å². The number of hydrogen-bond donors (Lipinski definition) is 0. The van der Waals surface area contributed by atoms with Crippen molar-refractivity contribution in [3.8, 4) is 0 Å². The molecule has 1 saturated carbocycles. The van der Waals surface area contributed by atoms with Gasteiger partial charge in [0.1, 0.15) is 0 Å². The first-order valence-corrected chi connectivity index (χ1v) is 5.34. The maximum absolute atomic E-state index is 5.87. The highest BCUT2D eigenvalue weighted by molar-refractivity contribution is 6.30. The second-order valence-electron chi connectivity index (χ2n) is 3.90. The van der Waals surface area contributed by atoms with E-state index in [4.69, 9.17) is 11.6 Å². The van der Waals surface area contributed by atoms with E-state index in [0.29, 0.717) is 0 Å². The Morgan fingerprint density at radius 1 is 1.29 bits per heavy atom. The summed E-state index contributed by atoms with van der Waals surface area (Å²) in [5.74, 6) is 0. The molecule has 1 aliphatic rings. The van der Waals surface area contributed by atoms with Gasteiger partial charge in [0.2, 0.25) is 0 Å². The Bertz CT molecular complexity index is 336. The van der Waals surface area contributed by atoms with Crippen molar-refractivity contribution in [2.45, 2.75) is 24.7 Å². The second-order valence-corrected chi connectivity index (χ2v) is 4.34. The quantitative estimate of drug-likeness (QED) is 0.659. The summed E-state index contributed by atoms with van der Waals surface area (Å²) in [5, 5.41) is 0.802. The summed E-state index contributed by atoms with van der Waals surface area (Å²) in [4.78, 5) is 4.17. The molecular formula is C12H14ClN. The van der Waals surface area contributed by atoms with Crippen LogP contribution in [-0.2, 0) is 5.41 Å². The molecule has 0 N–H and O–H groups in total. The molecule has 74 valence electrons. The van der Waals surface area contributed by atoms with E-state index >= 15 is 0 Å². The Hall–Kier alpha value is -0.820. The smallest absolute Gasteiger partial charge is 0.0406 e. The molecule has 1 aromatic rings. The van der Waals surface area contributed by atoms with Crippen molar-refractivity contribution < 1.29 is 0 Å². The van der Waals surface area contributed by atoms with Gasteiger partial charge in [0.25, 0.3) is 0 Å². The molecule has 0 amide bonds. The predicted molar refractivity (Wildman–Crippen MR) is 61.4 cm³/mol. The van der Waals surface area contributed by atoms with Crippen LogP contribution in [0.3, 0.4) is 0 Å². The zero-order chi connectivity index (χ0) is 10.0. The zero-order valence-electron chi connectivity index (χ0n) is 8.33. The highest BCUT2D eigenvalue weighted by Crippen LogP contribution is 2.42. The van der Waals surface area contributed by atoms with E-state index in [-0.39, 0.29) is 5.41 Å². The number of nitrogens with zero attached hydrogens (tertiary/aromatic N) is 1. The number of hydrogen-bond acceptors (Lipinski definition) is 1. The third kappa shape index (κ3) is 1.57. The van der Waals surface area contributed by atoms with Crippen LogP contribution in [0, 0.1) is 0 Å². The SMILES string of the molecule is C/N=C/C1(c2ccc(Cl)cc2)CCC1. The van der Waals surface area contributed by atoms with E-state index in [2.05, 4.69) is 23.3 Å². The van der Waals surface area contributed by atoms with Gasteiger partial charge >= 0.3 is 0 Å². The van der Waals surface area contributed by atoms with Gasteiger partial charge in [-0.1, -0.05) is 30.2 Å². The van der Waals surface area contributed by atoms with Crippen LogP contribution in [0.25, 0.3) is 0 Å². The molecule has 1 aromatic carbocycles. The first kappa shape index (κ1) is 9.72. The average molecular weight is 208 g/mol. The van der Waals surface area contributed by atoms with Crippen LogP contribution in [0.4, 0.5) is 0 Å². The van der Waals surface area contributed by atoms with Crippen molar-refractivity contribution in [3.05, 3.63) is 34.9 Å². The molecule has 0 unspecified atom stereocenters. The standard InChI is InChI=1S/C12H14ClN/c1-14-9-12(7-2-8-12)10-3-5-11(13)6-4-10/h3-6,9H,2,7-8H2,1H3/b14-9+. The fourth-order valence-corrected chi connectivity index (χ4v) is 2.20. The number of aliphatic imine (C=N–C) groups is 1. The fraction of sp³-hybridized carbons (Fsp3) is 0.417. The molecule has 0 bridgehead atoms. The summed E-state index contributed by atoms with van der Waals surface area (Å²) in [6.07, 6.45) is 5.81. The molecule has 0 radical (unpaired) electrons. The van der Waals surface area contributed by atoms with Crippen LogP contribution < -0.4 is 0 Å². The summed E-state index contributed by atoms with van der Waals surface area (Å²) in [7, 11) is 1.84. The van der Waals surface area contributed by atoms with Gasteiger partial charge in [0.05, 0.1) is 0 Å². The first-order chi connectivity index (χ1) is 6.77. The second kappa shape index (κ2) is 3.74. The lowest BCUT2D eigenvalue weighted by Crippen LogP contribution is -2.35. The Morgan fingerprint density at radius 2 is 1.93 bits per heavy atom. The minimum Gasteiger partial charge on any atom is -0.300 e. The molecule has 0 atom stereocenters. The van der Waals surface area contributed by atoms with Crippen LogP contribution in [-0.4, -0.2) is 13.3 Å². The summed E-state index contributed by atoms with van der Waals surface area (Å²) < 4.78 is 0. The van der Waals surface area contributed by atoms with Crippen molar-refractivity contribution in [1.82, 2.24) is 0 Å². The largest absolute Gasteiger partial charge is 0.300 e. The van der Waals surface area contributed by atoms with Gasteiger partial charge in [0, 0.05) is 23.7 Å². The summed E-state index contributed by atoms with van der Waals surface area (Å²) in [6.45, 7) is 0.